The molecule has 2 N–H and O–H groups in total. The number of carbonyl (C=O) groups is 4. The molecule has 2 heterocycles. The van der Waals surface area contributed by atoms with Crippen LogP contribution in [0.15, 0.2) is 0 Å². The molecule has 2 rings (SSSR count). The zero-order chi connectivity index (χ0) is 23.9. The highest BCUT2D eigenvalue weighted by atomic mass is 32.1. The van der Waals surface area contributed by atoms with Crippen LogP contribution >= 0.6 is 22.7 Å². The van der Waals surface area contributed by atoms with Gasteiger partial charge in [-0.1, -0.05) is 22.7 Å². The number of hydrogen-bond acceptors (Lipinski definition) is 11. The van der Waals surface area contributed by atoms with Crippen LogP contribution in [0.1, 0.15) is 68.3 Å². The van der Waals surface area contributed by atoms with Crippen LogP contribution in [0.25, 0.3) is 0 Å². The van der Waals surface area contributed by atoms with Gasteiger partial charge in [0.15, 0.2) is 0 Å². The van der Waals surface area contributed by atoms with Crippen LogP contribution in [0.3, 0.4) is 0 Å². The second-order valence-corrected chi connectivity index (χ2v) is 9.15. The van der Waals surface area contributed by atoms with E-state index in [0.717, 1.165) is 42.0 Å². The number of nitrogens with zero attached hydrogens (tertiary/aromatic N) is 4. The van der Waals surface area contributed by atoms with Gasteiger partial charge in [-0.15, -0.1) is 20.4 Å². The zero-order valence-electron chi connectivity index (χ0n) is 18.5. The molecule has 13 heteroatoms. The Labute approximate surface area is 199 Å². The monoisotopic (exact) mass is 496 g/mol. The molecular weight excluding hydrogens is 468 g/mol. The number of hydrogen-bond donors (Lipinski definition) is 2. The van der Waals surface area contributed by atoms with Crippen molar-refractivity contribution < 1.29 is 23.9 Å². The van der Waals surface area contributed by atoms with E-state index in [4.69, 9.17) is 4.74 Å². The maximum atomic E-state index is 11.9. The summed E-state index contributed by atoms with van der Waals surface area (Å²) in [6, 6.07) is 0. The van der Waals surface area contributed by atoms with Crippen molar-refractivity contribution in [1.82, 2.24) is 20.4 Å². The highest BCUT2D eigenvalue weighted by Crippen LogP contribution is 2.20. The minimum atomic E-state index is -0.302. The van der Waals surface area contributed by atoms with E-state index in [1.165, 1.54) is 22.7 Å². The lowest BCUT2D eigenvalue weighted by molar-refractivity contribution is -0.143. The Morgan fingerprint density at radius 1 is 0.818 bits per heavy atom. The number of anilines is 2. The van der Waals surface area contributed by atoms with E-state index in [1.54, 1.807) is 6.92 Å². The molecule has 0 aliphatic carbocycles. The van der Waals surface area contributed by atoms with Gasteiger partial charge in [0.25, 0.3) is 0 Å². The second-order valence-electron chi connectivity index (χ2n) is 7.02. The number of nitrogens with one attached hydrogen (secondary N) is 2. The molecule has 11 nitrogen and oxygen atoms in total. The van der Waals surface area contributed by atoms with Crippen molar-refractivity contribution in [2.75, 3.05) is 17.2 Å². The Bertz CT molecular complexity index is 916. The van der Waals surface area contributed by atoms with Crippen molar-refractivity contribution in [1.29, 1.82) is 0 Å². The van der Waals surface area contributed by atoms with Gasteiger partial charge in [0.1, 0.15) is 16.3 Å². The van der Waals surface area contributed by atoms with Crippen LogP contribution < -0.4 is 10.6 Å². The number of unbranched alkanes of at least 4 members (excludes halogenated alkanes) is 2. The standard InChI is InChI=1S/C20H28N6O5S2/c1-2-31-18(30)12-7-9-15(29)22-20-26-24-17(33-20)11-4-3-10-16-23-25-19(32-16)21-14(28)8-5-6-13-27/h13H,2-12H2,1H3,(H,21,25,28)(H,22,26,29). The summed E-state index contributed by atoms with van der Waals surface area (Å²) in [5, 5.41) is 24.1. The van der Waals surface area contributed by atoms with Crippen LogP contribution in [0.2, 0.25) is 0 Å². The molecule has 2 aromatic heterocycles. The fourth-order valence-electron chi connectivity index (χ4n) is 2.70. The average molecular weight is 497 g/mol. The van der Waals surface area contributed by atoms with Gasteiger partial charge in [0.2, 0.25) is 22.1 Å². The zero-order valence-corrected chi connectivity index (χ0v) is 20.1. The van der Waals surface area contributed by atoms with Gasteiger partial charge in [-0.05, 0) is 32.6 Å². The molecule has 2 aromatic rings. The highest BCUT2D eigenvalue weighted by Gasteiger charge is 2.11. The number of aryl methyl sites for hydroxylation is 2. The first-order chi connectivity index (χ1) is 16.0. The minimum Gasteiger partial charge on any atom is -0.466 e. The molecule has 0 aromatic carbocycles. The molecular formula is C20H28N6O5S2. The van der Waals surface area contributed by atoms with Crippen molar-refractivity contribution >= 4 is 57.0 Å². The van der Waals surface area contributed by atoms with Crippen LogP contribution in [0.5, 0.6) is 0 Å². The molecule has 2 amide bonds. The van der Waals surface area contributed by atoms with Gasteiger partial charge in [-0.2, -0.15) is 0 Å². The third kappa shape index (κ3) is 11.1. The van der Waals surface area contributed by atoms with Gasteiger partial charge in [0.05, 0.1) is 6.61 Å². The predicted octanol–water partition coefficient (Wildman–Crippen LogP) is 2.93. The smallest absolute Gasteiger partial charge is 0.305 e. The molecule has 0 spiro atoms. The maximum Gasteiger partial charge on any atom is 0.305 e. The minimum absolute atomic E-state index is 0.169. The maximum absolute atomic E-state index is 11.9. The summed E-state index contributed by atoms with van der Waals surface area (Å²) in [7, 11) is 0. The summed E-state index contributed by atoms with van der Waals surface area (Å²) >= 11 is 2.68. The molecule has 0 saturated heterocycles. The number of esters is 1. The molecule has 0 bridgehead atoms. The first-order valence-electron chi connectivity index (χ1n) is 10.8. The van der Waals surface area contributed by atoms with Crippen molar-refractivity contribution in [3.8, 4) is 0 Å². The van der Waals surface area contributed by atoms with Crippen molar-refractivity contribution in [2.45, 2.75) is 71.1 Å². The fraction of sp³-hybridized carbons (Fsp3) is 0.600. The summed E-state index contributed by atoms with van der Waals surface area (Å²) in [5.41, 5.74) is 0. The number of carbonyl (C=O) groups excluding carboxylic acids is 4. The summed E-state index contributed by atoms with van der Waals surface area (Å²) in [6.45, 7) is 2.08. The number of aldehydes is 1. The Morgan fingerprint density at radius 2 is 1.36 bits per heavy atom. The lowest BCUT2D eigenvalue weighted by Crippen LogP contribution is -2.12. The number of rotatable bonds is 16. The molecule has 0 aliphatic heterocycles. The number of amides is 2. The molecule has 0 saturated carbocycles. The van der Waals surface area contributed by atoms with E-state index in [1.807, 2.05) is 0 Å². The summed E-state index contributed by atoms with van der Waals surface area (Å²) < 4.78 is 4.83. The summed E-state index contributed by atoms with van der Waals surface area (Å²) in [5.74, 6) is -0.674. The van der Waals surface area contributed by atoms with E-state index in [2.05, 4.69) is 31.0 Å². The van der Waals surface area contributed by atoms with E-state index in [-0.39, 0.29) is 37.0 Å². The van der Waals surface area contributed by atoms with E-state index in [9.17, 15) is 19.2 Å². The van der Waals surface area contributed by atoms with Gasteiger partial charge in [-0.3, -0.25) is 14.4 Å². The molecule has 180 valence electrons. The van der Waals surface area contributed by atoms with Crippen molar-refractivity contribution in [3.05, 3.63) is 10.0 Å². The van der Waals surface area contributed by atoms with Gasteiger partial charge < -0.3 is 20.2 Å². The third-order valence-electron chi connectivity index (χ3n) is 4.27. The molecule has 33 heavy (non-hydrogen) atoms. The van der Waals surface area contributed by atoms with E-state index < -0.39 is 0 Å². The summed E-state index contributed by atoms with van der Waals surface area (Å²) in [4.78, 5) is 45.2. The van der Waals surface area contributed by atoms with Gasteiger partial charge in [-0.25, -0.2) is 0 Å². The van der Waals surface area contributed by atoms with Gasteiger partial charge >= 0.3 is 5.97 Å². The highest BCUT2D eigenvalue weighted by molar-refractivity contribution is 7.15. The number of ether oxygens (including phenoxy) is 1. The molecule has 0 radical (unpaired) electrons. The average Bonchev–Trinajstić information content (AvgIpc) is 3.41. The first kappa shape index (κ1) is 26.5. The van der Waals surface area contributed by atoms with Crippen LogP contribution in [-0.4, -0.2) is 51.1 Å². The topological polar surface area (TPSA) is 153 Å². The Morgan fingerprint density at radius 3 is 1.88 bits per heavy atom. The SMILES string of the molecule is CCOC(=O)CCCC(=O)Nc1nnc(CCCCc2nnc(NC(=O)CCCC=O)s2)s1. The molecule has 0 fully saturated rings. The van der Waals surface area contributed by atoms with Crippen molar-refractivity contribution in [2.24, 2.45) is 0 Å². The normalized spacial score (nSPS) is 10.6. The van der Waals surface area contributed by atoms with E-state index in [0.29, 0.717) is 36.1 Å². The first-order valence-corrected chi connectivity index (χ1v) is 12.5. The molecule has 0 aliphatic rings. The lowest BCUT2D eigenvalue weighted by atomic mass is 10.2. The molecule has 0 unspecified atom stereocenters. The Kier molecular flexibility index (Phi) is 12.1. The fourth-order valence-corrected chi connectivity index (χ4v) is 4.29. The lowest BCUT2D eigenvalue weighted by Gasteiger charge is -2.02. The second kappa shape index (κ2) is 15.1. The molecule has 0 atom stereocenters. The summed E-state index contributed by atoms with van der Waals surface area (Å²) in [6.07, 6.45) is 6.04. The van der Waals surface area contributed by atoms with Gasteiger partial charge in [0, 0.05) is 38.5 Å². The predicted molar refractivity (Wildman–Crippen MR) is 124 cm³/mol. The van der Waals surface area contributed by atoms with Crippen LogP contribution in [0.4, 0.5) is 10.3 Å². The number of aromatic nitrogens is 4. The van der Waals surface area contributed by atoms with E-state index >= 15 is 0 Å². The largest absolute Gasteiger partial charge is 0.466 e. The van der Waals surface area contributed by atoms with Crippen LogP contribution in [-0.2, 0) is 36.8 Å². The van der Waals surface area contributed by atoms with Crippen LogP contribution in [0, 0.1) is 0 Å². The third-order valence-corrected chi connectivity index (χ3v) is 6.07. The quantitative estimate of drug-likeness (QED) is 0.203. The van der Waals surface area contributed by atoms with Crippen molar-refractivity contribution in [3.63, 3.8) is 0 Å². The Balaban J connectivity index is 1.61. The Hall–Kier alpha value is -2.80.